The number of nitrogens with one attached hydrogen (secondary N) is 1. The van der Waals surface area contributed by atoms with Crippen LogP contribution in [0.5, 0.6) is 0 Å². The van der Waals surface area contributed by atoms with Crippen molar-refractivity contribution in [3.63, 3.8) is 0 Å². The number of hydrogen-bond donors (Lipinski definition) is 3. The number of carbonyl (C=O) groups excluding carboxylic acids is 1. The van der Waals surface area contributed by atoms with Crippen molar-refractivity contribution >= 4 is 13.7 Å². The topological polar surface area (TPSA) is 105 Å². The van der Waals surface area contributed by atoms with Crippen LogP contribution in [-0.4, -0.2) is 73.4 Å². The fraction of sp³-hybridized carbons (Fsp3) is 0.700. The second-order valence-corrected chi connectivity index (χ2v) is 24.2. The molecule has 0 bridgehead atoms. The summed E-state index contributed by atoms with van der Waals surface area (Å²) in [6.45, 7) is 4.68. The number of rotatable bonds is 58. The van der Waals surface area contributed by atoms with E-state index < -0.39 is 20.0 Å². The van der Waals surface area contributed by atoms with Gasteiger partial charge in [0.25, 0.3) is 0 Å². The van der Waals surface area contributed by atoms with Crippen molar-refractivity contribution in [3.8, 4) is 0 Å². The summed E-state index contributed by atoms with van der Waals surface area (Å²) in [5.74, 6) is -0.194. The number of quaternary nitrogens is 1. The molecule has 0 spiro atoms. The summed E-state index contributed by atoms with van der Waals surface area (Å²) in [6, 6.07) is -0.877. The molecule has 0 rings (SSSR count). The third-order valence-corrected chi connectivity index (χ3v) is 14.9. The van der Waals surface area contributed by atoms with E-state index >= 15 is 0 Å². The van der Waals surface area contributed by atoms with Gasteiger partial charge in [-0.2, -0.15) is 0 Å². The Morgan fingerprint density at radius 2 is 0.772 bits per heavy atom. The number of likely N-dealkylation sites (N-methyl/N-ethyl adjacent to an activating group) is 1. The molecule has 79 heavy (non-hydrogen) atoms. The third kappa shape index (κ3) is 62.4. The fourth-order valence-corrected chi connectivity index (χ4v) is 9.61. The normalized spacial score (nSPS) is 14.6. The Labute approximate surface area is 488 Å². The number of aliphatic hydroxyl groups excluding tert-OH is 1. The molecular formula is C70H124N2O6P+. The van der Waals surface area contributed by atoms with E-state index in [0.29, 0.717) is 17.4 Å². The first kappa shape index (κ1) is 75.9. The van der Waals surface area contributed by atoms with E-state index in [2.05, 4.69) is 129 Å². The van der Waals surface area contributed by atoms with Crippen molar-refractivity contribution in [2.24, 2.45) is 0 Å². The number of phosphoric acid groups is 1. The van der Waals surface area contributed by atoms with Gasteiger partial charge in [0.15, 0.2) is 0 Å². The van der Waals surface area contributed by atoms with E-state index in [1.54, 1.807) is 6.08 Å². The van der Waals surface area contributed by atoms with Crippen LogP contribution >= 0.6 is 7.82 Å². The van der Waals surface area contributed by atoms with Gasteiger partial charge in [-0.25, -0.2) is 4.57 Å². The van der Waals surface area contributed by atoms with Crippen LogP contribution in [0.15, 0.2) is 122 Å². The van der Waals surface area contributed by atoms with Crippen LogP contribution in [0.4, 0.5) is 0 Å². The molecule has 0 radical (unpaired) electrons. The molecule has 3 atom stereocenters. The van der Waals surface area contributed by atoms with E-state index in [1.807, 2.05) is 27.2 Å². The number of phosphoric ester groups is 1. The average Bonchev–Trinajstić information content (AvgIpc) is 3.42. The molecule has 3 N–H and O–H groups in total. The van der Waals surface area contributed by atoms with Gasteiger partial charge >= 0.3 is 7.82 Å². The number of aliphatic hydroxyl groups is 1. The minimum absolute atomic E-state index is 0.0492. The first-order valence-corrected chi connectivity index (χ1v) is 33.9. The summed E-state index contributed by atoms with van der Waals surface area (Å²) in [6.07, 6.45) is 89.0. The standard InChI is InChI=1S/C70H123N2O6P/c1-6-8-10-12-14-16-18-20-22-24-26-28-29-30-31-32-33-34-35-36-37-38-39-40-41-42-43-44-46-48-50-52-54-56-58-60-62-64-70(74)71-68(67-78-79(75,76)77-66-65-72(3,4)5)69(73)63-61-59-57-55-53-51-49-47-45-27-25-23-21-19-17-15-13-11-9-7-2/h8,10,14,16,20,22,26,28,30-31,33-34,36-37,45,47,53,55,61,63,68-69,73H,6-7,9,11-13,15,17-19,21,23-25,27,29,32,35,38-44,46,48-52,54,56-60,62,64-67H2,1-5H3,(H-,71,74,75,76)/p+1/b10-8-,16-14-,22-20-,28-26-,31-30-,34-33-,37-36-,47-45+,55-53+,63-61+. The van der Waals surface area contributed by atoms with Gasteiger partial charge in [0.1, 0.15) is 13.2 Å². The van der Waals surface area contributed by atoms with Crippen molar-refractivity contribution in [1.82, 2.24) is 5.32 Å². The van der Waals surface area contributed by atoms with Crippen molar-refractivity contribution in [1.29, 1.82) is 0 Å². The minimum Gasteiger partial charge on any atom is -0.387 e. The van der Waals surface area contributed by atoms with E-state index in [-0.39, 0.29) is 19.1 Å². The lowest BCUT2D eigenvalue weighted by molar-refractivity contribution is -0.870. The zero-order valence-electron chi connectivity index (χ0n) is 51.8. The average molecular weight is 1120 g/mol. The molecule has 1 amide bonds. The molecule has 0 aromatic carbocycles. The first-order chi connectivity index (χ1) is 38.5. The van der Waals surface area contributed by atoms with Gasteiger partial charge in [0, 0.05) is 6.42 Å². The number of allylic oxidation sites excluding steroid dienone is 19. The highest BCUT2D eigenvalue weighted by atomic mass is 31.2. The largest absolute Gasteiger partial charge is 0.472 e. The Morgan fingerprint density at radius 3 is 1.16 bits per heavy atom. The third-order valence-electron chi connectivity index (χ3n) is 13.9. The number of hydrogen-bond acceptors (Lipinski definition) is 5. The molecular weight excluding hydrogens is 996 g/mol. The van der Waals surface area contributed by atoms with Crippen LogP contribution in [0.25, 0.3) is 0 Å². The van der Waals surface area contributed by atoms with Crippen LogP contribution in [0.1, 0.15) is 264 Å². The monoisotopic (exact) mass is 1120 g/mol. The van der Waals surface area contributed by atoms with Crippen LogP contribution < -0.4 is 5.32 Å². The zero-order valence-corrected chi connectivity index (χ0v) is 52.7. The van der Waals surface area contributed by atoms with Gasteiger partial charge in [0.2, 0.25) is 5.91 Å². The van der Waals surface area contributed by atoms with Gasteiger partial charge < -0.3 is 19.8 Å². The second kappa shape index (κ2) is 59.5. The molecule has 0 aromatic heterocycles. The van der Waals surface area contributed by atoms with E-state index in [9.17, 15) is 19.4 Å². The van der Waals surface area contributed by atoms with Crippen molar-refractivity contribution in [2.75, 3.05) is 40.9 Å². The van der Waals surface area contributed by atoms with E-state index in [1.165, 1.54) is 154 Å². The maximum atomic E-state index is 13.0. The number of amides is 1. The lowest BCUT2D eigenvalue weighted by Gasteiger charge is -2.25. The minimum atomic E-state index is -4.37. The highest BCUT2D eigenvalue weighted by Crippen LogP contribution is 2.43. The van der Waals surface area contributed by atoms with Gasteiger partial charge in [-0.15, -0.1) is 0 Å². The molecule has 0 aliphatic rings. The van der Waals surface area contributed by atoms with E-state index in [0.717, 1.165) is 89.9 Å². The Hall–Kier alpha value is -3.10. The summed E-state index contributed by atoms with van der Waals surface area (Å²) >= 11 is 0. The number of nitrogens with zero attached hydrogens (tertiary/aromatic N) is 1. The van der Waals surface area contributed by atoms with Gasteiger partial charge in [-0.05, 0) is 103 Å². The van der Waals surface area contributed by atoms with E-state index in [4.69, 9.17) is 9.05 Å². The molecule has 8 nitrogen and oxygen atoms in total. The van der Waals surface area contributed by atoms with Crippen LogP contribution in [0.3, 0.4) is 0 Å². The van der Waals surface area contributed by atoms with Crippen LogP contribution in [-0.2, 0) is 18.4 Å². The molecule has 3 unspecified atom stereocenters. The Bertz CT molecular complexity index is 1700. The second-order valence-electron chi connectivity index (χ2n) is 22.7. The predicted octanol–water partition coefficient (Wildman–Crippen LogP) is 20.5. The van der Waals surface area contributed by atoms with Gasteiger partial charge in [-0.1, -0.05) is 277 Å². The summed E-state index contributed by atoms with van der Waals surface area (Å²) in [5.41, 5.74) is 0. The lowest BCUT2D eigenvalue weighted by Crippen LogP contribution is -2.45. The highest BCUT2D eigenvalue weighted by molar-refractivity contribution is 7.47. The summed E-state index contributed by atoms with van der Waals surface area (Å²) in [5, 5.41) is 13.9. The Balaban J connectivity index is 4.13. The summed E-state index contributed by atoms with van der Waals surface area (Å²) < 4.78 is 23.7. The van der Waals surface area contributed by atoms with Crippen LogP contribution in [0, 0.1) is 0 Å². The van der Waals surface area contributed by atoms with Gasteiger partial charge in [-0.3, -0.25) is 13.8 Å². The predicted molar refractivity (Wildman–Crippen MR) is 345 cm³/mol. The number of carbonyl (C=O) groups is 1. The van der Waals surface area contributed by atoms with Gasteiger partial charge in [0.05, 0.1) is 39.9 Å². The van der Waals surface area contributed by atoms with Crippen molar-refractivity contribution in [3.05, 3.63) is 122 Å². The molecule has 0 saturated heterocycles. The van der Waals surface area contributed by atoms with Crippen molar-refractivity contribution < 1.29 is 32.9 Å². The molecule has 0 aliphatic carbocycles. The Kier molecular flexibility index (Phi) is 57.2. The molecule has 0 saturated carbocycles. The summed E-state index contributed by atoms with van der Waals surface area (Å²) in [4.78, 5) is 23.4. The van der Waals surface area contributed by atoms with Crippen LogP contribution in [0.2, 0.25) is 0 Å². The molecule has 0 aromatic rings. The summed E-state index contributed by atoms with van der Waals surface area (Å²) in [7, 11) is 1.54. The maximum absolute atomic E-state index is 13.0. The Morgan fingerprint density at radius 1 is 0.443 bits per heavy atom. The fourth-order valence-electron chi connectivity index (χ4n) is 8.88. The number of unbranched alkanes of at least 4 members (excludes halogenated alkanes) is 27. The van der Waals surface area contributed by atoms with Crippen molar-refractivity contribution in [2.45, 2.75) is 276 Å². The molecule has 454 valence electrons. The quantitative estimate of drug-likeness (QED) is 0.0243. The molecule has 0 fully saturated rings. The first-order valence-electron chi connectivity index (χ1n) is 32.4. The SMILES string of the molecule is CC/C=C\C/C=C\C/C=C\C/C=C\C/C=C\C/C=C\C/C=C\CCCCCCCCCCCCCCCCCC(=O)NC(COP(=O)(O)OCC[N+](C)(C)C)C(O)/C=C/CC/C=C/CC/C=C/CCCCCCCCCCCC. The molecule has 9 heteroatoms. The highest BCUT2D eigenvalue weighted by Gasteiger charge is 2.27. The molecule has 0 aliphatic heterocycles. The lowest BCUT2D eigenvalue weighted by atomic mass is 10.0. The maximum Gasteiger partial charge on any atom is 0.472 e. The molecule has 0 heterocycles. The smallest absolute Gasteiger partial charge is 0.387 e. The zero-order chi connectivity index (χ0) is 57.7.